The van der Waals surface area contributed by atoms with Gasteiger partial charge in [-0.25, -0.2) is 18.7 Å². The zero-order valence-corrected chi connectivity index (χ0v) is 20.9. The van der Waals surface area contributed by atoms with Gasteiger partial charge in [0, 0.05) is 18.7 Å². The largest absolute Gasteiger partial charge is 0.443 e. The number of aliphatic hydroxyl groups excluding tert-OH is 1. The zero-order chi connectivity index (χ0) is 25.9. The molecule has 37 heavy (non-hydrogen) atoms. The molecule has 2 bridgehead atoms. The number of benzene rings is 1. The molecule has 3 aromatic heterocycles. The number of halogens is 2. The Labute approximate surface area is 213 Å². The van der Waals surface area contributed by atoms with Crippen molar-refractivity contribution in [1.29, 1.82) is 0 Å². The van der Waals surface area contributed by atoms with Crippen LogP contribution >= 0.6 is 0 Å². The Hall–Kier alpha value is -3.59. The number of oxazole rings is 1. The third-order valence-corrected chi connectivity index (χ3v) is 8.48. The Balaban J connectivity index is 1.44. The molecule has 3 atom stereocenters. The Kier molecular flexibility index (Phi) is 5.45. The number of aromatic nitrogens is 5. The summed E-state index contributed by atoms with van der Waals surface area (Å²) in [6, 6.07) is 5.58. The van der Waals surface area contributed by atoms with Crippen LogP contribution in [-0.2, 0) is 5.41 Å². The molecule has 2 aliphatic rings. The van der Waals surface area contributed by atoms with Gasteiger partial charge in [0.2, 0.25) is 5.89 Å². The van der Waals surface area contributed by atoms with E-state index in [9.17, 15) is 13.9 Å². The van der Waals surface area contributed by atoms with Gasteiger partial charge < -0.3 is 9.52 Å². The molecule has 1 aromatic carbocycles. The summed E-state index contributed by atoms with van der Waals surface area (Å²) in [5.41, 5.74) is 2.94. The molecule has 190 valence electrons. The lowest BCUT2D eigenvalue weighted by Crippen LogP contribution is -2.38. The van der Waals surface area contributed by atoms with Gasteiger partial charge in [-0.1, -0.05) is 26.8 Å². The van der Waals surface area contributed by atoms with Gasteiger partial charge in [0.15, 0.2) is 0 Å². The van der Waals surface area contributed by atoms with Crippen molar-refractivity contribution in [1.82, 2.24) is 25.1 Å². The second kappa shape index (κ2) is 8.48. The van der Waals surface area contributed by atoms with E-state index in [1.165, 1.54) is 18.2 Å². The van der Waals surface area contributed by atoms with E-state index >= 15 is 0 Å². The first kappa shape index (κ1) is 23.8. The first-order valence-corrected chi connectivity index (χ1v) is 12.5. The summed E-state index contributed by atoms with van der Waals surface area (Å²) in [6.07, 6.45) is 7.26. The minimum absolute atomic E-state index is 0.0530. The molecule has 2 aliphatic carbocycles. The van der Waals surface area contributed by atoms with Crippen LogP contribution in [0, 0.1) is 17.0 Å². The molecule has 1 fully saturated rings. The minimum Gasteiger partial charge on any atom is -0.443 e. The highest BCUT2D eigenvalue weighted by Crippen LogP contribution is 2.69. The van der Waals surface area contributed by atoms with E-state index in [2.05, 4.69) is 34.0 Å². The second-order valence-electron chi connectivity index (χ2n) is 10.6. The van der Waals surface area contributed by atoms with Gasteiger partial charge in [-0.2, -0.15) is 5.10 Å². The molecule has 0 amide bonds. The maximum absolute atomic E-state index is 14.5. The first-order chi connectivity index (χ1) is 17.8. The van der Waals surface area contributed by atoms with E-state index in [0.717, 1.165) is 35.5 Å². The number of fused-ring (bicyclic) bond motifs is 5. The molecule has 0 spiro atoms. The fourth-order valence-corrected chi connectivity index (χ4v) is 6.40. The van der Waals surface area contributed by atoms with Crippen molar-refractivity contribution in [3.05, 3.63) is 77.2 Å². The lowest BCUT2D eigenvalue weighted by molar-refractivity contribution is 0.242. The van der Waals surface area contributed by atoms with Gasteiger partial charge in [-0.3, -0.25) is 4.98 Å². The van der Waals surface area contributed by atoms with Crippen LogP contribution in [0.3, 0.4) is 0 Å². The average Bonchev–Trinajstić information content (AvgIpc) is 3.53. The molecule has 0 unspecified atom stereocenters. The Morgan fingerprint density at radius 3 is 2.65 bits per heavy atom. The van der Waals surface area contributed by atoms with E-state index in [4.69, 9.17) is 9.40 Å². The number of hydrogen-bond acceptors (Lipinski definition) is 7. The van der Waals surface area contributed by atoms with Crippen molar-refractivity contribution in [2.24, 2.45) is 5.41 Å². The van der Waals surface area contributed by atoms with E-state index in [1.807, 2.05) is 6.92 Å². The SMILES string of the molecule is C[C@H](CCO)c1coc(-c2cncc([C@@]34CC[C@@H](c5cc(-c6c(F)cccc6F)nnc53)C4(C)C)n2)n1. The Bertz CT molecular complexity index is 1480. The van der Waals surface area contributed by atoms with Crippen LogP contribution in [0.4, 0.5) is 8.78 Å². The van der Waals surface area contributed by atoms with Crippen molar-refractivity contribution in [2.45, 2.75) is 57.3 Å². The lowest BCUT2D eigenvalue weighted by atomic mass is 9.66. The van der Waals surface area contributed by atoms with Crippen LogP contribution in [0.5, 0.6) is 0 Å². The van der Waals surface area contributed by atoms with E-state index in [1.54, 1.807) is 24.7 Å². The number of rotatable bonds is 6. The highest BCUT2D eigenvalue weighted by atomic mass is 19.1. The molecule has 1 saturated carbocycles. The summed E-state index contributed by atoms with van der Waals surface area (Å²) in [6.45, 7) is 6.42. The fourth-order valence-electron chi connectivity index (χ4n) is 6.40. The summed E-state index contributed by atoms with van der Waals surface area (Å²) in [5.74, 6) is -0.776. The average molecular weight is 504 g/mol. The molecular weight excluding hydrogens is 476 g/mol. The smallest absolute Gasteiger partial charge is 0.246 e. The van der Waals surface area contributed by atoms with E-state index < -0.39 is 17.0 Å². The van der Waals surface area contributed by atoms with Crippen molar-refractivity contribution in [3.63, 3.8) is 0 Å². The van der Waals surface area contributed by atoms with Gasteiger partial charge in [0.25, 0.3) is 0 Å². The van der Waals surface area contributed by atoms with E-state index in [0.29, 0.717) is 18.0 Å². The van der Waals surface area contributed by atoms with E-state index in [-0.39, 0.29) is 35.1 Å². The fraction of sp³-hybridized carbons (Fsp3) is 0.393. The van der Waals surface area contributed by atoms with Crippen LogP contribution in [0.25, 0.3) is 22.8 Å². The standard InChI is InChI=1S/C28H27F2N5O2/c1-15(8-10-36)22-14-37-26(33-22)21-12-31-13-23(32-21)28-9-7-17(27(28,2)3)16-11-20(34-35-25(16)28)24-18(29)5-4-6-19(24)30/h4-6,11-15,17,36H,7-10H2,1-3H3/t15-,17+,28+/m1/s1. The molecule has 7 nitrogen and oxygen atoms in total. The molecule has 0 saturated heterocycles. The van der Waals surface area contributed by atoms with Crippen LogP contribution in [0.1, 0.15) is 74.5 Å². The lowest BCUT2D eigenvalue weighted by Gasteiger charge is -2.37. The van der Waals surface area contributed by atoms with Crippen LogP contribution in [-0.4, -0.2) is 36.9 Å². The van der Waals surface area contributed by atoms with Gasteiger partial charge in [0.05, 0.1) is 40.0 Å². The monoisotopic (exact) mass is 503 g/mol. The first-order valence-electron chi connectivity index (χ1n) is 12.5. The molecule has 4 aromatic rings. The van der Waals surface area contributed by atoms with Gasteiger partial charge >= 0.3 is 0 Å². The minimum atomic E-state index is -0.663. The van der Waals surface area contributed by atoms with Crippen molar-refractivity contribution >= 4 is 0 Å². The van der Waals surface area contributed by atoms with Crippen LogP contribution in [0.15, 0.2) is 47.3 Å². The Morgan fingerprint density at radius 2 is 1.89 bits per heavy atom. The van der Waals surface area contributed by atoms with Crippen LogP contribution in [0.2, 0.25) is 0 Å². The summed E-state index contributed by atoms with van der Waals surface area (Å²) in [7, 11) is 0. The quantitative estimate of drug-likeness (QED) is 0.368. The molecule has 0 aliphatic heterocycles. The summed E-state index contributed by atoms with van der Waals surface area (Å²) >= 11 is 0. The van der Waals surface area contributed by atoms with Gasteiger partial charge in [-0.05, 0) is 54.4 Å². The third-order valence-electron chi connectivity index (χ3n) is 8.48. The number of hydrogen-bond donors (Lipinski definition) is 1. The molecule has 9 heteroatoms. The van der Waals surface area contributed by atoms with Gasteiger partial charge in [-0.15, -0.1) is 5.10 Å². The highest BCUT2D eigenvalue weighted by Gasteiger charge is 2.65. The predicted molar refractivity (Wildman–Crippen MR) is 132 cm³/mol. The predicted octanol–water partition coefficient (Wildman–Crippen LogP) is 5.56. The molecule has 0 radical (unpaired) electrons. The molecule has 6 rings (SSSR count). The second-order valence-corrected chi connectivity index (χ2v) is 10.6. The van der Waals surface area contributed by atoms with Crippen molar-refractivity contribution in [2.75, 3.05) is 6.61 Å². The molecular formula is C28H27F2N5O2. The summed E-state index contributed by atoms with van der Waals surface area (Å²) in [5, 5.41) is 18.1. The molecule has 1 N–H and O–H groups in total. The number of nitrogens with zero attached hydrogens (tertiary/aromatic N) is 5. The normalized spacial score (nSPS) is 22.3. The number of aliphatic hydroxyl groups is 1. The van der Waals surface area contributed by atoms with Crippen molar-refractivity contribution in [3.8, 4) is 22.8 Å². The van der Waals surface area contributed by atoms with Gasteiger partial charge in [0.1, 0.15) is 23.6 Å². The van der Waals surface area contributed by atoms with Crippen LogP contribution < -0.4 is 0 Å². The summed E-state index contributed by atoms with van der Waals surface area (Å²) in [4.78, 5) is 14.0. The highest BCUT2D eigenvalue weighted by molar-refractivity contribution is 5.64. The molecule has 3 heterocycles. The summed E-state index contributed by atoms with van der Waals surface area (Å²) < 4.78 is 34.8. The maximum atomic E-state index is 14.5. The Morgan fingerprint density at radius 1 is 1.11 bits per heavy atom. The maximum Gasteiger partial charge on any atom is 0.246 e. The van der Waals surface area contributed by atoms with Crippen molar-refractivity contribution < 1.29 is 18.3 Å². The topological polar surface area (TPSA) is 97.8 Å². The zero-order valence-electron chi connectivity index (χ0n) is 20.9. The third kappa shape index (κ3) is 3.36.